The first-order valence-corrected chi connectivity index (χ1v) is 11.4. The topological polar surface area (TPSA) is 34.6 Å². The van der Waals surface area contributed by atoms with E-state index in [1.54, 1.807) is 25.4 Å². The molecular formula is C27H26ClFN2O2. The lowest BCUT2D eigenvalue weighted by atomic mass is 10.1. The second-order valence-electron chi connectivity index (χ2n) is 7.97. The summed E-state index contributed by atoms with van der Waals surface area (Å²) in [6.07, 6.45) is 4.01. The third kappa shape index (κ3) is 6.33. The fraction of sp³-hybridized carbons (Fsp3) is 0.296. The molecule has 1 aromatic heterocycles. The summed E-state index contributed by atoms with van der Waals surface area (Å²) in [7, 11) is 1.75. The van der Waals surface area contributed by atoms with E-state index >= 15 is 0 Å². The van der Waals surface area contributed by atoms with Crippen LogP contribution in [0.5, 0.6) is 5.75 Å². The van der Waals surface area contributed by atoms with Gasteiger partial charge in [0.25, 0.3) is 0 Å². The number of benzene rings is 2. The van der Waals surface area contributed by atoms with Crippen LogP contribution in [0, 0.1) is 17.7 Å². The molecule has 0 radical (unpaired) electrons. The first-order valence-electron chi connectivity index (χ1n) is 11.0. The Morgan fingerprint density at radius 3 is 2.61 bits per heavy atom. The average Bonchev–Trinajstić information content (AvgIpc) is 3.27. The molecule has 33 heavy (non-hydrogen) atoms. The third-order valence-electron chi connectivity index (χ3n) is 5.70. The molecule has 3 aromatic rings. The second-order valence-corrected chi connectivity index (χ2v) is 8.41. The molecule has 1 atom stereocenters. The van der Waals surface area contributed by atoms with E-state index in [-0.39, 0.29) is 5.69 Å². The van der Waals surface area contributed by atoms with E-state index in [1.807, 2.05) is 36.4 Å². The molecule has 1 fully saturated rings. The zero-order chi connectivity index (χ0) is 23.0. The highest BCUT2D eigenvalue weighted by Gasteiger charge is 2.23. The van der Waals surface area contributed by atoms with Gasteiger partial charge in [-0.25, -0.2) is 9.37 Å². The Bertz CT molecular complexity index is 1120. The number of methoxy groups -OCH3 is 1. The number of hydrogen-bond donors (Lipinski definition) is 0. The Kier molecular flexibility index (Phi) is 7.96. The smallest absolute Gasteiger partial charge is 0.158 e. The van der Waals surface area contributed by atoms with Gasteiger partial charge in [0, 0.05) is 42.0 Å². The summed E-state index contributed by atoms with van der Waals surface area (Å²) in [4.78, 5) is 6.61. The normalized spacial score (nSPS) is 15.8. The highest BCUT2D eigenvalue weighted by Crippen LogP contribution is 2.22. The molecule has 2 heterocycles. The number of rotatable bonds is 7. The molecule has 1 aliphatic rings. The molecule has 6 heteroatoms. The summed E-state index contributed by atoms with van der Waals surface area (Å²) in [5.41, 5.74) is 2.41. The van der Waals surface area contributed by atoms with Gasteiger partial charge >= 0.3 is 0 Å². The third-order valence-corrected chi connectivity index (χ3v) is 5.96. The summed E-state index contributed by atoms with van der Waals surface area (Å²) in [5, 5.41) is 0.633. The number of nitrogens with zero attached hydrogens (tertiary/aromatic N) is 2. The van der Waals surface area contributed by atoms with Crippen molar-refractivity contribution in [1.82, 2.24) is 9.88 Å². The predicted molar refractivity (Wildman–Crippen MR) is 129 cm³/mol. The summed E-state index contributed by atoms with van der Waals surface area (Å²) < 4.78 is 25.7. The number of aromatic nitrogens is 1. The van der Waals surface area contributed by atoms with Crippen molar-refractivity contribution >= 4 is 11.6 Å². The molecular weight excluding hydrogens is 439 g/mol. The molecule has 1 saturated heterocycles. The highest BCUT2D eigenvalue weighted by atomic mass is 35.5. The lowest BCUT2D eigenvalue weighted by Crippen LogP contribution is -2.35. The SMILES string of the molecule is COC[C@@H]1CCCN1CCOc1ccc(C#Cc2ncc(-c3ccc(Cl)cc3)cc2F)cc1. The van der Waals surface area contributed by atoms with Gasteiger partial charge in [0.05, 0.1) is 6.61 Å². The number of halogens is 2. The lowest BCUT2D eigenvalue weighted by molar-refractivity contribution is 0.105. The Balaban J connectivity index is 1.33. The van der Waals surface area contributed by atoms with Gasteiger partial charge in [0.1, 0.15) is 18.1 Å². The molecule has 170 valence electrons. The zero-order valence-electron chi connectivity index (χ0n) is 18.6. The molecule has 0 aliphatic carbocycles. The minimum absolute atomic E-state index is 0.115. The summed E-state index contributed by atoms with van der Waals surface area (Å²) >= 11 is 5.91. The first-order chi connectivity index (χ1) is 16.1. The van der Waals surface area contributed by atoms with E-state index in [1.165, 1.54) is 18.9 Å². The Labute approximate surface area is 199 Å². The molecule has 0 unspecified atom stereocenters. The maximum absolute atomic E-state index is 14.5. The van der Waals surface area contributed by atoms with Crippen LogP contribution in [0.4, 0.5) is 4.39 Å². The van der Waals surface area contributed by atoms with Crippen molar-refractivity contribution in [3.63, 3.8) is 0 Å². The van der Waals surface area contributed by atoms with Crippen LogP contribution >= 0.6 is 11.6 Å². The molecule has 0 N–H and O–H groups in total. The van der Waals surface area contributed by atoms with Crippen molar-refractivity contribution in [3.8, 4) is 28.7 Å². The summed E-state index contributed by atoms with van der Waals surface area (Å²) in [6, 6.07) is 16.6. The van der Waals surface area contributed by atoms with E-state index in [4.69, 9.17) is 21.1 Å². The first kappa shape index (κ1) is 23.3. The molecule has 1 aliphatic heterocycles. The van der Waals surface area contributed by atoms with Crippen molar-refractivity contribution in [2.24, 2.45) is 0 Å². The highest BCUT2D eigenvalue weighted by molar-refractivity contribution is 6.30. The quantitative estimate of drug-likeness (QED) is 0.437. The number of hydrogen-bond acceptors (Lipinski definition) is 4. The Morgan fingerprint density at radius 1 is 1.09 bits per heavy atom. The average molecular weight is 465 g/mol. The zero-order valence-corrected chi connectivity index (χ0v) is 19.3. The molecule has 2 aromatic carbocycles. The van der Waals surface area contributed by atoms with Crippen LogP contribution in [0.1, 0.15) is 24.1 Å². The van der Waals surface area contributed by atoms with Crippen molar-refractivity contribution < 1.29 is 13.9 Å². The van der Waals surface area contributed by atoms with Gasteiger partial charge in [0.15, 0.2) is 5.82 Å². The maximum atomic E-state index is 14.5. The van der Waals surface area contributed by atoms with Gasteiger partial charge in [-0.3, -0.25) is 4.90 Å². The summed E-state index contributed by atoms with van der Waals surface area (Å²) in [5.74, 6) is 6.12. The van der Waals surface area contributed by atoms with Crippen LogP contribution in [0.25, 0.3) is 11.1 Å². The minimum atomic E-state index is -0.455. The molecule has 4 nitrogen and oxygen atoms in total. The number of ether oxygens (including phenoxy) is 2. The number of likely N-dealkylation sites (tertiary alicyclic amines) is 1. The van der Waals surface area contributed by atoms with E-state index in [9.17, 15) is 4.39 Å². The van der Waals surface area contributed by atoms with E-state index in [0.717, 1.165) is 36.6 Å². The van der Waals surface area contributed by atoms with Gasteiger partial charge in [-0.15, -0.1) is 0 Å². The lowest BCUT2D eigenvalue weighted by Gasteiger charge is -2.23. The van der Waals surface area contributed by atoms with Crippen molar-refractivity contribution in [1.29, 1.82) is 0 Å². The van der Waals surface area contributed by atoms with E-state index in [0.29, 0.717) is 23.2 Å². The molecule has 0 spiro atoms. The van der Waals surface area contributed by atoms with Crippen molar-refractivity contribution in [2.45, 2.75) is 18.9 Å². The molecule has 0 bridgehead atoms. The Hall–Kier alpha value is -2.91. The molecule has 0 amide bonds. The van der Waals surface area contributed by atoms with Gasteiger partial charge in [-0.05, 0) is 73.3 Å². The predicted octanol–water partition coefficient (Wildman–Crippen LogP) is 5.43. The van der Waals surface area contributed by atoms with Crippen molar-refractivity contribution in [3.05, 3.63) is 82.9 Å². The van der Waals surface area contributed by atoms with Gasteiger partial charge in [-0.2, -0.15) is 0 Å². The monoisotopic (exact) mass is 464 g/mol. The van der Waals surface area contributed by atoms with E-state index < -0.39 is 5.82 Å². The second kappa shape index (κ2) is 11.3. The Morgan fingerprint density at radius 2 is 1.88 bits per heavy atom. The van der Waals surface area contributed by atoms with Crippen LogP contribution in [0.2, 0.25) is 5.02 Å². The van der Waals surface area contributed by atoms with Crippen LogP contribution in [-0.4, -0.2) is 49.3 Å². The van der Waals surface area contributed by atoms with E-state index in [2.05, 4.69) is 21.7 Å². The fourth-order valence-electron chi connectivity index (χ4n) is 3.95. The van der Waals surface area contributed by atoms with Crippen LogP contribution in [-0.2, 0) is 4.74 Å². The van der Waals surface area contributed by atoms with Crippen molar-refractivity contribution in [2.75, 3.05) is 33.4 Å². The molecule has 0 saturated carbocycles. The largest absolute Gasteiger partial charge is 0.492 e. The minimum Gasteiger partial charge on any atom is -0.492 e. The van der Waals surface area contributed by atoms with Crippen LogP contribution in [0.15, 0.2) is 60.8 Å². The van der Waals surface area contributed by atoms with Gasteiger partial charge in [-0.1, -0.05) is 29.7 Å². The van der Waals surface area contributed by atoms with Gasteiger partial charge in [0.2, 0.25) is 0 Å². The fourth-order valence-corrected chi connectivity index (χ4v) is 4.07. The standard InChI is InChI=1S/C27H26ClFN2O2/c1-32-19-24-3-2-14-31(24)15-16-33-25-11-4-20(5-12-25)6-13-27-26(29)17-22(18-30-27)21-7-9-23(28)10-8-21/h4-5,7-12,17-18,24H,2-3,14-16,19H2,1H3/t24-/m0/s1. The van der Waals surface area contributed by atoms with Crippen LogP contribution < -0.4 is 4.74 Å². The number of pyridine rings is 1. The maximum Gasteiger partial charge on any atom is 0.158 e. The molecule has 4 rings (SSSR count). The summed E-state index contributed by atoms with van der Waals surface area (Å²) in [6.45, 7) is 3.37. The van der Waals surface area contributed by atoms with Crippen LogP contribution in [0.3, 0.4) is 0 Å². The van der Waals surface area contributed by atoms with Gasteiger partial charge < -0.3 is 9.47 Å².